The second-order valence-electron chi connectivity index (χ2n) is 7.17. The van der Waals surface area contributed by atoms with Gasteiger partial charge < -0.3 is 0 Å². The topological polar surface area (TPSA) is 30.7 Å². The molecule has 3 nitrogen and oxygen atoms in total. The fraction of sp³-hybridized carbons (Fsp3) is 0.182. The van der Waals surface area contributed by atoms with Crippen molar-refractivity contribution in [3.05, 3.63) is 77.2 Å². The number of rotatable bonds is 2. The summed E-state index contributed by atoms with van der Waals surface area (Å²) in [6.07, 6.45) is -5.98. The Morgan fingerprint density at radius 1 is 0.742 bits per heavy atom. The maximum atomic E-state index is 13.1. The summed E-state index contributed by atoms with van der Waals surface area (Å²) < 4.78 is 79.9. The number of aromatic nitrogens is 3. The normalized spacial score (nSPS) is 12.5. The summed E-state index contributed by atoms with van der Waals surface area (Å²) in [5.74, 6) is 0. The first-order valence-corrected chi connectivity index (χ1v) is 9.15. The molecule has 0 saturated carbocycles. The molecule has 2 heterocycles. The lowest BCUT2D eigenvalue weighted by atomic mass is 9.99. The van der Waals surface area contributed by atoms with Gasteiger partial charge in [0.15, 0.2) is 5.65 Å². The molecule has 0 fully saturated rings. The van der Waals surface area contributed by atoms with Crippen LogP contribution in [0.2, 0.25) is 0 Å². The summed E-state index contributed by atoms with van der Waals surface area (Å²) >= 11 is 0. The van der Waals surface area contributed by atoms with Crippen LogP contribution in [0.15, 0.2) is 55.0 Å². The van der Waals surface area contributed by atoms with Crippen molar-refractivity contribution in [2.75, 3.05) is 0 Å². The molecular weight excluding hydrogens is 420 g/mol. The lowest BCUT2D eigenvalue weighted by Crippen LogP contribution is -2.08. The maximum Gasteiger partial charge on any atom is 0.416 e. The third-order valence-electron chi connectivity index (χ3n) is 5.07. The van der Waals surface area contributed by atoms with Crippen molar-refractivity contribution in [3.8, 4) is 16.8 Å². The molecular formula is C22H15F6N3. The molecule has 0 unspecified atom stereocenters. The van der Waals surface area contributed by atoms with Crippen LogP contribution in [0.3, 0.4) is 0 Å². The quantitative estimate of drug-likeness (QED) is 0.327. The van der Waals surface area contributed by atoms with E-state index in [2.05, 4.69) is 9.97 Å². The Hall–Kier alpha value is -3.36. The number of hydrogen-bond acceptors (Lipinski definition) is 2. The molecule has 0 saturated heterocycles. The number of benzene rings is 2. The van der Waals surface area contributed by atoms with Crippen LogP contribution < -0.4 is 0 Å². The van der Waals surface area contributed by atoms with Gasteiger partial charge in [0, 0.05) is 17.4 Å². The third-order valence-corrected chi connectivity index (χ3v) is 5.07. The number of halogens is 6. The smallest absolute Gasteiger partial charge is 0.283 e. The summed E-state index contributed by atoms with van der Waals surface area (Å²) in [6, 6.07) is 9.17. The standard InChI is InChI=1S/C22H15F6N3/c1-12-9-14(3-5-17(12)21(23,24)25)16-7-8-29-20-19(16)30-11-31(20)15-4-6-18(13(2)10-15)22(26,27)28/h3-11H,1-2H3. The number of imidazole rings is 1. The van der Waals surface area contributed by atoms with Crippen LogP contribution in [0.1, 0.15) is 22.3 Å². The van der Waals surface area contributed by atoms with Gasteiger partial charge in [-0.2, -0.15) is 26.3 Å². The van der Waals surface area contributed by atoms with Gasteiger partial charge in [-0.15, -0.1) is 0 Å². The van der Waals surface area contributed by atoms with E-state index in [1.54, 1.807) is 10.6 Å². The van der Waals surface area contributed by atoms with Gasteiger partial charge in [0.25, 0.3) is 0 Å². The molecule has 160 valence electrons. The lowest BCUT2D eigenvalue weighted by Gasteiger charge is -2.13. The average molecular weight is 435 g/mol. The van der Waals surface area contributed by atoms with E-state index < -0.39 is 23.5 Å². The lowest BCUT2D eigenvalue weighted by molar-refractivity contribution is -0.138. The maximum absolute atomic E-state index is 13.1. The highest BCUT2D eigenvalue weighted by Crippen LogP contribution is 2.36. The highest BCUT2D eigenvalue weighted by Gasteiger charge is 2.33. The first-order valence-electron chi connectivity index (χ1n) is 9.15. The number of hydrogen-bond donors (Lipinski definition) is 0. The minimum absolute atomic E-state index is 0.0568. The Morgan fingerprint density at radius 3 is 1.94 bits per heavy atom. The van der Waals surface area contributed by atoms with Crippen LogP contribution in [0, 0.1) is 13.8 Å². The van der Waals surface area contributed by atoms with E-state index in [1.165, 1.54) is 50.6 Å². The van der Waals surface area contributed by atoms with Crippen molar-refractivity contribution in [2.24, 2.45) is 0 Å². The summed E-state index contributed by atoms with van der Waals surface area (Å²) in [6.45, 7) is 2.75. The molecule has 0 aliphatic rings. The summed E-state index contributed by atoms with van der Waals surface area (Å²) in [5.41, 5.74) is 1.06. The Balaban J connectivity index is 1.81. The summed E-state index contributed by atoms with van der Waals surface area (Å²) in [7, 11) is 0. The van der Waals surface area contributed by atoms with Crippen LogP contribution >= 0.6 is 0 Å². The second-order valence-corrected chi connectivity index (χ2v) is 7.17. The Kier molecular flexibility index (Phi) is 4.79. The Bertz CT molecular complexity index is 1280. The van der Waals surface area contributed by atoms with Crippen LogP contribution in [-0.2, 0) is 12.4 Å². The van der Waals surface area contributed by atoms with Gasteiger partial charge in [-0.1, -0.05) is 12.1 Å². The van der Waals surface area contributed by atoms with Gasteiger partial charge in [-0.25, -0.2) is 9.97 Å². The van der Waals surface area contributed by atoms with Crippen molar-refractivity contribution in [3.63, 3.8) is 0 Å². The van der Waals surface area contributed by atoms with Crippen LogP contribution in [0.5, 0.6) is 0 Å². The van der Waals surface area contributed by atoms with Crippen LogP contribution in [-0.4, -0.2) is 14.5 Å². The van der Waals surface area contributed by atoms with Gasteiger partial charge in [0.2, 0.25) is 0 Å². The van der Waals surface area contributed by atoms with E-state index in [0.29, 0.717) is 28.0 Å². The van der Waals surface area contributed by atoms with Crippen molar-refractivity contribution in [2.45, 2.75) is 26.2 Å². The molecule has 9 heteroatoms. The summed E-state index contributed by atoms with van der Waals surface area (Å²) in [4.78, 5) is 8.61. The van der Waals surface area contributed by atoms with Gasteiger partial charge in [0.05, 0.1) is 11.1 Å². The van der Waals surface area contributed by atoms with E-state index in [0.717, 1.165) is 12.1 Å². The summed E-state index contributed by atoms with van der Waals surface area (Å²) in [5, 5.41) is 0. The van der Waals surface area contributed by atoms with Gasteiger partial charge in [-0.05, 0) is 60.9 Å². The number of pyridine rings is 1. The van der Waals surface area contributed by atoms with Crippen molar-refractivity contribution < 1.29 is 26.3 Å². The van der Waals surface area contributed by atoms with Crippen molar-refractivity contribution in [1.82, 2.24) is 14.5 Å². The molecule has 0 aliphatic heterocycles. The zero-order valence-electron chi connectivity index (χ0n) is 16.3. The molecule has 31 heavy (non-hydrogen) atoms. The number of alkyl halides is 6. The fourth-order valence-corrected chi connectivity index (χ4v) is 3.60. The van der Waals surface area contributed by atoms with E-state index >= 15 is 0 Å². The van der Waals surface area contributed by atoms with E-state index in [9.17, 15) is 26.3 Å². The number of nitrogens with zero attached hydrogens (tertiary/aromatic N) is 3. The molecule has 0 N–H and O–H groups in total. The zero-order chi connectivity index (χ0) is 22.6. The molecule has 0 aliphatic carbocycles. The predicted octanol–water partition coefficient (Wildman–Crippen LogP) is 6.74. The molecule has 4 aromatic rings. The van der Waals surface area contributed by atoms with Crippen molar-refractivity contribution >= 4 is 11.2 Å². The Labute approximate surface area is 173 Å². The third kappa shape index (κ3) is 3.75. The van der Waals surface area contributed by atoms with Crippen LogP contribution in [0.4, 0.5) is 26.3 Å². The predicted molar refractivity (Wildman–Crippen MR) is 104 cm³/mol. The van der Waals surface area contributed by atoms with Gasteiger partial charge in [-0.3, -0.25) is 4.57 Å². The molecule has 0 bridgehead atoms. The monoisotopic (exact) mass is 435 g/mol. The molecule has 0 amide bonds. The number of aryl methyl sites for hydroxylation is 2. The van der Waals surface area contributed by atoms with Crippen LogP contribution in [0.25, 0.3) is 28.0 Å². The number of fused-ring (bicyclic) bond motifs is 1. The molecule has 4 rings (SSSR count). The van der Waals surface area contributed by atoms with E-state index in [-0.39, 0.29) is 11.1 Å². The SMILES string of the molecule is Cc1cc(-c2ccnc3c2ncn3-c2ccc(C(F)(F)F)c(C)c2)ccc1C(F)(F)F. The highest BCUT2D eigenvalue weighted by molar-refractivity contribution is 5.90. The first kappa shape index (κ1) is 20.9. The average Bonchev–Trinajstić information content (AvgIpc) is 3.10. The zero-order valence-corrected chi connectivity index (χ0v) is 16.3. The minimum atomic E-state index is -4.45. The minimum Gasteiger partial charge on any atom is -0.283 e. The second kappa shape index (κ2) is 7.11. The fourth-order valence-electron chi connectivity index (χ4n) is 3.60. The first-order chi connectivity index (χ1) is 14.5. The van der Waals surface area contributed by atoms with Crippen molar-refractivity contribution in [1.29, 1.82) is 0 Å². The largest absolute Gasteiger partial charge is 0.416 e. The highest BCUT2D eigenvalue weighted by atomic mass is 19.4. The Morgan fingerprint density at radius 2 is 1.35 bits per heavy atom. The molecule has 0 spiro atoms. The molecule has 0 atom stereocenters. The molecule has 2 aromatic carbocycles. The molecule has 2 aromatic heterocycles. The van der Waals surface area contributed by atoms with E-state index in [4.69, 9.17) is 0 Å². The van der Waals surface area contributed by atoms with Gasteiger partial charge >= 0.3 is 12.4 Å². The van der Waals surface area contributed by atoms with E-state index in [1.807, 2.05) is 0 Å². The van der Waals surface area contributed by atoms with Gasteiger partial charge in [0.1, 0.15) is 11.8 Å². The molecule has 0 radical (unpaired) electrons.